The van der Waals surface area contributed by atoms with Gasteiger partial charge in [-0.1, -0.05) is 12.8 Å². The van der Waals surface area contributed by atoms with Gasteiger partial charge in [-0.2, -0.15) is 0 Å². The Labute approximate surface area is 117 Å². The summed E-state index contributed by atoms with van der Waals surface area (Å²) in [7, 11) is 0. The van der Waals surface area contributed by atoms with Crippen molar-refractivity contribution in [3.63, 3.8) is 0 Å². The Balaban J connectivity index is 1.67. The maximum absolute atomic E-state index is 12.8. The minimum atomic E-state index is 0.101. The molecule has 2 aliphatic heterocycles. The highest BCUT2D eigenvalue weighted by Gasteiger charge is 2.38. The van der Waals surface area contributed by atoms with Gasteiger partial charge in [0, 0.05) is 18.6 Å². The molecule has 2 heterocycles. The molecule has 3 nitrogen and oxygen atoms in total. The van der Waals surface area contributed by atoms with Crippen molar-refractivity contribution >= 4 is 5.91 Å². The summed E-state index contributed by atoms with van der Waals surface area (Å²) in [5.41, 5.74) is 0. The van der Waals surface area contributed by atoms with Crippen LogP contribution < -0.4 is 5.32 Å². The van der Waals surface area contributed by atoms with E-state index in [4.69, 9.17) is 0 Å². The zero-order valence-corrected chi connectivity index (χ0v) is 12.2. The Hall–Kier alpha value is -0.570. The number of nitrogens with one attached hydrogen (secondary N) is 1. The van der Waals surface area contributed by atoms with Crippen molar-refractivity contribution in [3.8, 4) is 0 Å². The summed E-state index contributed by atoms with van der Waals surface area (Å²) in [5.74, 6) is 1.20. The van der Waals surface area contributed by atoms with Gasteiger partial charge in [0.1, 0.15) is 0 Å². The molecular formula is C16H28N2O. The highest BCUT2D eigenvalue weighted by Crippen LogP contribution is 2.35. The van der Waals surface area contributed by atoms with Gasteiger partial charge in [0.25, 0.3) is 0 Å². The molecule has 1 saturated carbocycles. The summed E-state index contributed by atoms with van der Waals surface area (Å²) < 4.78 is 0. The van der Waals surface area contributed by atoms with Gasteiger partial charge in [-0.3, -0.25) is 4.79 Å². The lowest BCUT2D eigenvalue weighted by atomic mass is 9.78. The third-order valence-corrected chi connectivity index (χ3v) is 5.44. The fraction of sp³-hybridized carbons (Fsp3) is 0.938. The molecule has 19 heavy (non-hydrogen) atoms. The molecule has 0 aromatic carbocycles. The maximum atomic E-state index is 12.8. The van der Waals surface area contributed by atoms with E-state index in [2.05, 4.69) is 17.1 Å². The van der Waals surface area contributed by atoms with Crippen LogP contribution >= 0.6 is 0 Å². The van der Waals surface area contributed by atoms with Crippen molar-refractivity contribution in [1.82, 2.24) is 10.2 Å². The Morgan fingerprint density at radius 3 is 2.63 bits per heavy atom. The van der Waals surface area contributed by atoms with Crippen LogP contribution in [0.15, 0.2) is 0 Å². The van der Waals surface area contributed by atoms with Crippen molar-refractivity contribution < 1.29 is 4.79 Å². The van der Waals surface area contributed by atoms with Gasteiger partial charge < -0.3 is 10.2 Å². The fourth-order valence-electron chi connectivity index (χ4n) is 4.43. The number of nitrogens with zero attached hydrogens (tertiary/aromatic N) is 1. The zero-order chi connectivity index (χ0) is 13.2. The van der Waals surface area contributed by atoms with Crippen LogP contribution in [0.25, 0.3) is 0 Å². The van der Waals surface area contributed by atoms with Gasteiger partial charge in [0.2, 0.25) is 5.91 Å². The van der Waals surface area contributed by atoms with E-state index >= 15 is 0 Å². The SMILES string of the molecule is CC1CCCC(C(=O)N2CCCC3CCCCC32)N1. The lowest BCUT2D eigenvalue weighted by Crippen LogP contribution is -2.57. The van der Waals surface area contributed by atoms with Gasteiger partial charge in [-0.05, 0) is 57.8 Å². The van der Waals surface area contributed by atoms with Gasteiger partial charge >= 0.3 is 0 Å². The number of hydrogen-bond donors (Lipinski definition) is 1. The summed E-state index contributed by atoms with van der Waals surface area (Å²) in [6.45, 7) is 3.21. The van der Waals surface area contributed by atoms with E-state index in [1.807, 2.05) is 0 Å². The molecule has 1 N–H and O–H groups in total. The number of rotatable bonds is 1. The molecule has 108 valence electrons. The molecule has 1 aliphatic carbocycles. The minimum absolute atomic E-state index is 0.101. The van der Waals surface area contributed by atoms with Crippen LogP contribution in [0.3, 0.4) is 0 Å². The summed E-state index contributed by atoms with van der Waals surface area (Å²) >= 11 is 0. The first-order chi connectivity index (χ1) is 9.25. The standard InChI is InChI=1S/C16H28N2O/c1-12-6-4-9-14(17-12)16(19)18-11-5-8-13-7-2-3-10-15(13)18/h12-15,17H,2-11H2,1H3. The minimum Gasteiger partial charge on any atom is -0.338 e. The summed E-state index contributed by atoms with van der Waals surface area (Å²) in [5, 5.41) is 3.52. The Morgan fingerprint density at radius 2 is 1.79 bits per heavy atom. The van der Waals surface area contributed by atoms with Crippen molar-refractivity contribution in [3.05, 3.63) is 0 Å². The summed E-state index contributed by atoms with van der Waals surface area (Å²) in [6.07, 6.45) is 11.3. The second-order valence-electron chi connectivity index (χ2n) is 6.84. The molecule has 3 rings (SSSR count). The predicted molar refractivity (Wildman–Crippen MR) is 76.9 cm³/mol. The highest BCUT2D eigenvalue weighted by atomic mass is 16.2. The smallest absolute Gasteiger partial charge is 0.239 e. The average molecular weight is 264 g/mol. The third kappa shape index (κ3) is 2.81. The van der Waals surface area contributed by atoms with E-state index in [1.54, 1.807) is 0 Å². The van der Waals surface area contributed by atoms with E-state index < -0.39 is 0 Å². The van der Waals surface area contributed by atoms with E-state index in [0.717, 1.165) is 18.9 Å². The lowest BCUT2D eigenvalue weighted by molar-refractivity contribution is -0.140. The van der Waals surface area contributed by atoms with Crippen LogP contribution in [0.1, 0.15) is 64.7 Å². The molecule has 1 amide bonds. The first kappa shape index (κ1) is 13.4. The first-order valence-corrected chi connectivity index (χ1v) is 8.32. The number of carbonyl (C=O) groups excluding carboxylic acids is 1. The van der Waals surface area contributed by atoms with Crippen LogP contribution in [-0.2, 0) is 4.79 Å². The number of fused-ring (bicyclic) bond motifs is 1. The van der Waals surface area contributed by atoms with Crippen LogP contribution in [0.2, 0.25) is 0 Å². The molecule has 0 aromatic rings. The molecule has 0 radical (unpaired) electrons. The molecule has 0 bridgehead atoms. The summed E-state index contributed by atoms with van der Waals surface area (Å²) in [4.78, 5) is 15.1. The number of likely N-dealkylation sites (tertiary alicyclic amines) is 1. The predicted octanol–water partition coefficient (Wildman–Crippen LogP) is 2.70. The van der Waals surface area contributed by atoms with E-state index in [1.165, 1.54) is 51.4 Å². The topological polar surface area (TPSA) is 32.3 Å². The van der Waals surface area contributed by atoms with Crippen molar-refractivity contribution in [2.75, 3.05) is 6.54 Å². The summed E-state index contributed by atoms with van der Waals surface area (Å²) in [6, 6.07) is 1.17. The Kier molecular flexibility index (Phi) is 4.11. The van der Waals surface area contributed by atoms with Crippen LogP contribution in [0.4, 0.5) is 0 Å². The molecule has 4 unspecified atom stereocenters. The number of carbonyl (C=O) groups is 1. The highest BCUT2D eigenvalue weighted by molar-refractivity contribution is 5.82. The average Bonchev–Trinajstić information content (AvgIpc) is 2.46. The van der Waals surface area contributed by atoms with Gasteiger partial charge in [-0.25, -0.2) is 0 Å². The van der Waals surface area contributed by atoms with Gasteiger partial charge in [0.15, 0.2) is 0 Å². The van der Waals surface area contributed by atoms with Gasteiger partial charge in [0.05, 0.1) is 6.04 Å². The van der Waals surface area contributed by atoms with Crippen LogP contribution in [0.5, 0.6) is 0 Å². The van der Waals surface area contributed by atoms with Crippen molar-refractivity contribution in [2.45, 2.75) is 82.8 Å². The lowest BCUT2D eigenvalue weighted by Gasteiger charge is -2.46. The van der Waals surface area contributed by atoms with E-state index in [0.29, 0.717) is 18.0 Å². The second kappa shape index (κ2) is 5.82. The molecule has 4 atom stereocenters. The number of piperidine rings is 2. The first-order valence-electron chi connectivity index (χ1n) is 8.32. The molecule has 3 fully saturated rings. The van der Waals surface area contributed by atoms with Crippen LogP contribution in [-0.4, -0.2) is 35.5 Å². The van der Waals surface area contributed by atoms with Crippen molar-refractivity contribution in [1.29, 1.82) is 0 Å². The van der Waals surface area contributed by atoms with E-state index in [-0.39, 0.29) is 6.04 Å². The normalized spacial score (nSPS) is 39.7. The molecule has 2 saturated heterocycles. The Morgan fingerprint density at radius 1 is 1.00 bits per heavy atom. The number of amides is 1. The monoisotopic (exact) mass is 264 g/mol. The zero-order valence-electron chi connectivity index (χ0n) is 12.2. The second-order valence-corrected chi connectivity index (χ2v) is 6.84. The molecular weight excluding hydrogens is 236 g/mol. The maximum Gasteiger partial charge on any atom is 0.239 e. The molecule has 0 aromatic heterocycles. The quantitative estimate of drug-likeness (QED) is 0.790. The van der Waals surface area contributed by atoms with Gasteiger partial charge in [-0.15, -0.1) is 0 Å². The van der Waals surface area contributed by atoms with E-state index in [9.17, 15) is 4.79 Å². The molecule has 3 aliphatic rings. The molecule has 3 heteroatoms. The van der Waals surface area contributed by atoms with Crippen molar-refractivity contribution in [2.24, 2.45) is 5.92 Å². The largest absolute Gasteiger partial charge is 0.338 e. The third-order valence-electron chi connectivity index (χ3n) is 5.44. The Bertz CT molecular complexity index is 329. The van der Waals surface area contributed by atoms with Crippen LogP contribution in [0, 0.1) is 5.92 Å². The fourth-order valence-corrected chi connectivity index (χ4v) is 4.43. The number of hydrogen-bond acceptors (Lipinski definition) is 2. The molecule has 0 spiro atoms.